The van der Waals surface area contributed by atoms with Gasteiger partial charge >= 0.3 is 0 Å². The first kappa shape index (κ1) is 14.3. The topological polar surface area (TPSA) is 35.5 Å². The highest BCUT2D eigenvalue weighted by atomic mass is 35.5. The minimum Gasteiger partial charge on any atom is -0.507 e. The smallest absolute Gasteiger partial charge is 0.125 e. The number of rotatable bonds is 3. The maximum absolute atomic E-state index is 10.3. The molecule has 0 radical (unpaired) electrons. The number of phenolic OH excluding ortho intramolecular Hbond substituents is 1. The lowest BCUT2D eigenvalue weighted by molar-refractivity contribution is 0.482. The van der Waals surface area contributed by atoms with Gasteiger partial charge in [0.1, 0.15) is 5.75 Å². The summed E-state index contributed by atoms with van der Waals surface area (Å²) < 4.78 is 0. The first-order valence-electron chi connectivity index (χ1n) is 7.37. The second-order valence-electron chi connectivity index (χ2n) is 5.89. The number of hydrogen-bond acceptors (Lipinski definition) is 3. The van der Waals surface area contributed by atoms with E-state index in [1.165, 1.54) is 5.56 Å². The Kier molecular flexibility index (Phi) is 3.62. The third-order valence-corrected chi connectivity index (χ3v) is 4.98. The molecule has 2 aromatic carbocycles. The van der Waals surface area contributed by atoms with E-state index in [1.54, 1.807) is 0 Å². The number of hydrogen-bond donors (Lipinski definition) is 2. The maximum Gasteiger partial charge on any atom is 0.125 e. The number of alkyl halides is 1. The third kappa shape index (κ3) is 2.30. The highest BCUT2D eigenvalue weighted by Gasteiger charge is 2.30. The monoisotopic (exact) mass is 304 g/mol. The van der Waals surface area contributed by atoms with Gasteiger partial charge in [-0.2, -0.15) is 0 Å². The molecular formula is C17H21ClN2O. The zero-order valence-electron chi connectivity index (χ0n) is 12.7. The Balaban J connectivity index is 2.26. The Morgan fingerprint density at radius 2 is 2.10 bits per heavy atom. The predicted octanol–water partition coefficient (Wildman–Crippen LogP) is 4.14. The van der Waals surface area contributed by atoms with E-state index in [4.69, 9.17) is 11.6 Å². The number of anilines is 2. The van der Waals surface area contributed by atoms with Gasteiger partial charge in [-0.15, -0.1) is 11.6 Å². The fraction of sp³-hybridized carbons (Fsp3) is 0.412. The number of nitrogens with one attached hydrogen (secondary N) is 1. The normalized spacial score (nSPS) is 18.4. The molecule has 3 rings (SSSR count). The Bertz CT molecular complexity index is 684. The van der Waals surface area contributed by atoms with Crippen LogP contribution in [-0.4, -0.2) is 31.1 Å². The first-order valence-corrected chi connectivity index (χ1v) is 7.81. The average Bonchev–Trinajstić information content (AvgIpc) is 2.89. The van der Waals surface area contributed by atoms with Crippen molar-refractivity contribution in [3.8, 4) is 5.75 Å². The number of fused-ring (bicyclic) bond motifs is 3. The molecule has 0 aromatic heterocycles. The van der Waals surface area contributed by atoms with Gasteiger partial charge in [0.2, 0.25) is 0 Å². The van der Waals surface area contributed by atoms with Crippen LogP contribution in [0.5, 0.6) is 5.75 Å². The van der Waals surface area contributed by atoms with Crippen LogP contribution in [0, 0.1) is 0 Å². The highest BCUT2D eigenvalue weighted by molar-refractivity contribution is 6.21. The molecule has 0 aliphatic carbocycles. The van der Waals surface area contributed by atoms with Gasteiger partial charge in [-0.05, 0) is 35.6 Å². The number of benzene rings is 2. The van der Waals surface area contributed by atoms with Gasteiger partial charge in [0.25, 0.3) is 0 Å². The Morgan fingerprint density at radius 1 is 1.33 bits per heavy atom. The van der Waals surface area contributed by atoms with Crippen LogP contribution in [-0.2, 0) is 0 Å². The summed E-state index contributed by atoms with van der Waals surface area (Å²) in [4.78, 5) is 2.07. The van der Waals surface area contributed by atoms with Gasteiger partial charge in [0.05, 0.1) is 0 Å². The summed E-state index contributed by atoms with van der Waals surface area (Å²) in [5.74, 6) is 0.608. The standard InChI is InChI=1S/C17H21ClN2O/c1-4-14(18)13-9-19-15-8-16(21)11-6-5-10(20(2)3)7-12(11)17(13)15/h5-8,13-14,19,21H,4,9H2,1-3H3. The van der Waals surface area contributed by atoms with Crippen molar-refractivity contribution in [3.63, 3.8) is 0 Å². The molecule has 0 amide bonds. The summed E-state index contributed by atoms with van der Waals surface area (Å²) in [6.07, 6.45) is 0.934. The van der Waals surface area contributed by atoms with Crippen molar-refractivity contribution < 1.29 is 5.11 Å². The molecule has 112 valence electrons. The summed E-state index contributed by atoms with van der Waals surface area (Å²) in [5.41, 5.74) is 3.39. The fourth-order valence-corrected chi connectivity index (χ4v) is 3.37. The number of halogens is 1. The van der Waals surface area contributed by atoms with Gasteiger partial charge in [-0.3, -0.25) is 0 Å². The van der Waals surface area contributed by atoms with E-state index in [0.29, 0.717) is 5.75 Å². The van der Waals surface area contributed by atoms with Crippen molar-refractivity contribution in [3.05, 3.63) is 29.8 Å². The predicted molar refractivity (Wildman–Crippen MR) is 91.1 cm³/mol. The summed E-state index contributed by atoms with van der Waals surface area (Å²) in [7, 11) is 4.05. The second-order valence-corrected chi connectivity index (χ2v) is 6.45. The van der Waals surface area contributed by atoms with E-state index < -0.39 is 0 Å². The van der Waals surface area contributed by atoms with Gasteiger partial charge in [0, 0.05) is 54.8 Å². The molecule has 0 spiro atoms. The number of phenols is 1. The summed E-state index contributed by atoms with van der Waals surface area (Å²) in [5, 5.41) is 15.8. The van der Waals surface area contributed by atoms with Gasteiger partial charge in [-0.1, -0.05) is 6.92 Å². The quantitative estimate of drug-likeness (QED) is 0.837. The maximum atomic E-state index is 10.3. The molecule has 1 aliphatic heterocycles. The molecule has 1 heterocycles. The van der Waals surface area contributed by atoms with Crippen molar-refractivity contribution in [1.82, 2.24) is 0 Å². The average molecular weight is 305 g/mol. The summed E-state index contributed by atoms with van der Waals surface area (Å²) in [6, 6.07) is 7.99. The summed E-state index contributed by atoms with van der Waals surface area (Å²) in [6.45, 7) is 2.95. The van der Waals surface area contributed by atoms with E-state index >= 15 is 0 Å². The Hall–Kier alpha value is -1.61. The number of nitrogens with zero attached hydrogens (tertiary/aromatic N) is 1. The van der Waals surface area contributed by atoms with E-state index in [0.717, 1.165) is 35.1 Å². The molecule has 0 fully saturated rings. The largest absolute Gasteiger partial charge is 0.507 e. The van der Waals surface area contributed by atoms with Crippen molar-refractivity contribution in [2.45, 2.75) is 24.6 Å². The lowest BCUT2D eigenvalue weighted by Crippen LogP contribution is -2.14. The van der Waals surface area contributed by atoms with Crippen molar-refractivity contribution >= 4 is 33.7 Å². The molecule has 0 saturated heterocycles. The Labute approximate surface area is 130 Å². The molecule has 2 atom stereocenters. The fourth-order valence-electron chi connectivity index (χ4n) is 3.15. The van der Waals surface area contributed by atoms with Gasteiger partial charge < -0.3 is 15.3 Å². The van der Waals surface area contributed by atoms with Crippen molar-refractivity contribution in [2.75, 3.05) is 30.9 Å². The van der Waals surface area contributed by atoms with Crippen LogP contribution in [0.15, 0.2) is 24.3 Å². The van der Waals surface area contributed by atoms with Crippen LogP contribution < -0.4 is 10.2 Å². The van der Waals surface area contributed by atoms with Crippen LogP contribution in [0.4, 0.5) is 11.4 Å². The minimum absolute atomic E-state index is 0.106. The molecule has 0 bridgehead atoms. The lowest BCUT2D eigenvalue weighted by Gasteiger charge is -2.19. The van der Waals surface area contributed by atoms with Crippen molar-refractivity contribution in [2.24, 2.45) is 0 Å². The first-order chi connectivity index (χ1) is 10.0. The molecular weight excluding hydrogens is 284 g/mol. The van der Waals surface area contributed by atoms with E-state index in [2.05, 4.69) is 23.2 Å². The molecule has 0 saturated carbocycles. The summed E-state index contributed by atoms with van der Waals surface area (Å²) >= 11 is 6.53. The van der Waals surface area contributed by atoms with E-state index in [9.17, 15) is 5.11 Å². The van der Waals surface area contributed by atoms with Crippen LogP contribution in [0.1, 0.15) is 24.8 Å². The minimum atomic E-state index is 0.106. The van der Waals surface area contributed by atoms with Crippen LogP contribution >= 0.6 is 11.6 Å². The molecule has 3 nitrogen and oxygen atoms in total. The second kappa shape index (κ2) is 5.30. The van der Waals surface area contributed by atoms with E-state index in [1.807, 2.05) is 32.3 Å². The molecule has 2 aromatic rings. The molecule has 2 N–H and O–H groups in total. The molecule has 1 aliphatic rings. The van der Waals surface area contributed by atoms with E-state index in [-0.39, 0.29) is 11.3 Å². The zero-order valence-corrected chi connectivity index (χ0v) is 13.4. The molecule has 2 unspecified atom stereocenters. The highest BCUT2D eigenvalue weighted by Crippen LogP contribution is 2.45. The van der Waals surface area contributed by atoms with Crippen LogP contribution in [0.2, 0.25) is 0 Å². The lowest BCUT2D eigenvalue weighted by atomic mass is 9.90. The van der Waals surface area contributed by atoms with Crippen LogP contribution in [0.25, 0.3) is 10.8 Å². The SMILES string of the molecule is CCC(Cl)C1CNc2cc(O)c3ccc(N(C)C)cc3c21. The van der Waals surface area contributed by atoms with Gasteiger partial charge in [-0.25, -0.2) is 0 Å². The van der Waals surface area contributed by atoms with Crippen LogP contribution in [0.3, 0.4) is 0 Å². The Morgan fingerprint density at radius 3 is 2.76 bits per heavy atom. The number of aromatic hydroxyl groups is 1. The molecule has 4 heteroatoms. The van der Waals surface area contributed by atoms with Gasteiger partial charge in [0.15, 0.2) is 0 Å². The van der Waals surface area contributed by atoms with Crippen molar-refractivity contribution in [1.29, 1.82) is 0 Å². The molecule has 21 heavy (non-hydrogen) atoms. The zero-order chi connectivity index (χ0) is 15.1. The third-order valence-electron chi connectivity index (χ3n) is 4.37.